The molecule has 0 aromatic carbocycles. The number of carbonyl (C=O) groups excluding carboxylic acids is 3. The van der Waals surface area contributed by atoms with Gasteiger partial charge in [-0.1, -0.05) is 11.8 Å². The Kier molecular flexibility index (Phi) is 2.69. The van der Waals surface area contributed by atoms with Gasteiger partial charge in [0.05, 0.1) is 13.5 Å². The van der Waals surface area contributed by atoms with Crippen LogP contribution in [0.15, 0.2) is 0 Å². The van der Waals surface area contributed by atoms with Crippen LogP contribution in [0.5, 0.6) is 0 Å². The average molecular weight is 189 g/mol. The van der Waals surface area contributed by atoms with Gasteiger partial charge in [-0.15, -0.1) is 0 Å². The number of nitrogens with one attached hydrogen (secondary N) is 1. The van der Waals surface area contributed by atoms with Crippen LogP contribution in [0.25, 0.3) is 0 Å². The van der Waals surface area contributed by atoms with Crippen molar-refractivity contribution in [2.45, 2.75) is 11.7 Å². The molecule has 1 aliphatic heterocycles. The maximum Gasteiger partial charge on any atom is 0.307 e. The Morgan fingerprint density at radius 2 is 2.33 bits per heavy atom. The highest BCUT2D eigenvalue weighted by Crippen LogP contribution is 2.21. The molecule has 1 fully saturated rings. The minimum absolute atomic E-state index is 0.0568. The first-order valence-corrected chi connectivity index (χ1v) is 4.09. The van der Waals surface area contributed by atoms with E-state index < -0.39 is 22.4 Å². The zero-order valence-corrected chi connectivity index (χ0v) is 7.14. The molecule has 66 valence electrons. The predicted molar refractivity (Wildman–Crippen MR) is 41.6 cm³/mol. The van der Waals surface area contributed by atoms with Crippen molar-refractivity contribution in [1.29, 1.82) is 0 Å². The average Bonchev–Trinajstić information content (AvgIpc) is 2.30. The van der Waals surface area contributed by atoms with Crippen LogP contribution in [-0.4, -0.2) is 29.5 Å². The van der Waals surface area contributed by atoms with E-state index in [0.29, 0.717) is 0 Å². The maximum absolute atomic E-state index is 10.9. The molecule has 0 aromatic heterocycles. The lowest BCUT2D eigenvalue weighted by Crippen LogP contribution is -2.26. The summed E-state index contributed by atoms with van der Waals surface area (Å²) in [6.45, 7) is 0. The Morgan fingerprint density at radius 3 is 2.75 bits per heavy atom. The number of imide groups is 1. The van der Waals surface area contributed by atoms with Crippen molar-refractivity contribution < 1.29 is 19.1 Å². The van der Waals surface area contributed by atoms with Crippen LogP contribution in [0.1, 0.15) is 6.42 Å². The Labute approximate surface area is 72.8 Å². The van der Waals surface area contributed by atoms with Crippen molar-refractivity contribution in [2.24, 2.45) is 0 Å². The van der Waals surface area contributed by atoms with E-state index in [0.717, 1.165) is 11.8 Å². The lowest BCUT2D eigenvalue weighted by molar-refractivity contribution is -0.141. The van der Waals surface area contributed by atoms with Crippen LogP contribution in [-0.2, 0) is 14.3 Å². The quantitative estimate of drug-likeness (QED) is 0.614. The second-order valence-electron chi connectivity index (χ2n) is 2.16. The second kappa shape index (κ2) is 3.57. The standard InChI is InChI=1S/C6H7NO4S/c1-11-4(8)2-3-5(9)7-6(10)12-3/h3H,2H2,1H3,(H,7,9,10)/t3-/m0/s1. The van der Waals surface area contributed by atoms with E-state index in [4.69, 9.17) is 0 Å². The fraction of sp³-hybridized carbons (Fsp3) is 0.500. The highest BCUT2D eigenvalue weighted by molar-refractivity contribution is 8.15. The first kappa shape index (κ1) is 9.05. The monoisotopic (exact) mass is 189 g/mol. The highest BCUT2D eigenvalue weighted by atomic mass is 32.2. The first-order valence-electron chi connectivity index (χ1n) is 3.22. The number of thioether (sulfide) groups is 1. The first-order chi connectivity index (χ1) is 5.63. The topological polar surface area (TPSA) is 72.5 Å². The van der Waals surface area contributed by atoms with E-state index in [-0.39, 0.29) is 6.42 Å². The molecule has 0 saturated carbocycles. The maximum atomic E-state index is 10.9. The summed E-state index contributed by atoms with van der Waals surface area (Å²) in [6, 6.07) is 0. The van der Waals surface area contributed by atoms with Crippen molar-refractivity contribution in [3.05, 3.63) is 0 Å². The highest BCUT2D eigenvalue weighted by Gasteiger charge is 2.33. The van der Waals surface area contributed by atoms with E-state index in [1.165, 1.54) is 7.11 Å². The lowest BCUT2D eigenvalue weighted by Gasteiger charge is -2.01. The number of esters is 1. The molecule has 1 aliphatic rings. The van der Waals surface area contributed by atoms with Gasteiger partial charge in [-0.05, 0) is 0 Å². The van der Waals surface area contributed by atoms with Crippen LogP contribution in [0.4, 0.5) is 4.79 Å². The Hall–Kier alpha value is -1.04. The molecule has 6 heteroatoms. The summed E-state index contributed by atoms with van der Waals surface area (Å²) >= 11 is 0.817. The van der Waals surface area contributed by atoms with E-state index in [9.17, 15) is 14.4 Å². The molecule has 1 rings (SSSR count). The van der Waals surface area contributed by atoms with Gasteiger partial charge >= 0.3 is 5.97 Å². The van der Waals surface area contributed by atoms with Crippen LogP contribution in [0, 0.1) is 0 Å². The molecule has 1 saturated heterocycles. The van der Waals surface area contributed by atoms with Gasteiger partial charge in [0.1, 0.15) is 5.25 Å². The van der Waals surface area contributed by atoms with E-state index in [1.54, 1.807) is 0 Å². The van der Waals surface area contributed by atoms with Crippen molar-refractivity contribution in [3.63, 3.8) is 0 Å². The fourth-order valence-corrected chi connectivity index (χ4v) is 1.57. The Balaban J connectivity index is 2.48. The molecule has 12 heavy (non-hydrogen) atoms. The van der Waals surface area contributed by atoms with Gasteiger partial charge in [0, 0.05) is 0 Å². The minimum Gasteiger partial charge on any atom is -0.469 e. The number of methoxy groups -OCH3 is 1. The molecule has 0 aromatic rings. The van der Waals surface area contributed by atoms with Gasteiger partial charge in [0.2, 0.25) is 5.91 Å². The number of ether oxygens (including phenoxy) is 1. The number of rotatable bonds is 2. The molecule has 1 N–H and O–H groups in total. The third kappa shape index (κ3) is 1.97. The largest absolute Gasteiger partial charge is 0.469 e. The SMILES string of the molecule is COC(=O)C[C@@H]1SC(=O)NC1=O. The Morgan fingerprint density at radius 1 is 1.67 bits per heavy atom. The third-order valence-electron chi connectivity index (χ3n) is 1.35. The van der Waals surface area contributed by atoms with Crippen LogP contribution in [0.3, 0.4) is 0 Å². The summed E-state index contributed by atoms with van der Waals surface area (Å²) < 4.78 is 4.35. The number of amides is 2. The normalized spacial score (nSPS) is 22.2. The van der Waals surface area contributed by atoms with Gasteiger partial charge in [-0.2, -0.15) is 0 Å². The molecule has 1 heterocycles. The molecule has 1 atom stereocenters. The van der Waals surface area contributed by atoms with Crippen molar-refractivity contribution in [3.8, 4) is 0 Å². The predicted octanol–water partition coefficient (Wildman–Crippen LogP) is -0.0989. The summed E-state index contributed by atoms with van der Waals surface area (Å²) in [5, 5.41) is 1.04. The van der Waals surface area contributed by atoms with E-state index >= 15 is 0 Å². The second-order valence-corrected chi connectivity index (χ2v) is 3.34. The summed E-state index contributed by atoms with van der Waals surface area (Å²) in [5.74, 6) is -0.909. The lowest BCUT2D eigenvalue weighted by atomic mass is 10.3. The number of hydrogen-bond acceptors (Lipinski definition) is 5. The Bertz CT molecular complexity index is 240. The molecule has 2 amide bonds. The van der Waals surface area contributed by atoms with Gasteiger partial charge < -0.3 is 4.74 Å². The van der Waals surface area contributed by atoms with E-state index in [1.807, 2.05) is 0 Å². The van der Waals surface area contributed by atoms with Crippen LogP contribution in [0.2, 0.25) is 0 Å². The molecule has 0 bridgehead atoms. The molecule has 0 radical (unpaired) electrons. The summed E-state index contributed by atoms with van der Waals surface area (Å²) in [6.07, 6.45) is -0.0568. The third-order valence-corrected chi connectivity index (χ3v) is 2.33. The van der Waals surface area contributed by atoms with Gasteiger partial charge in [-0.3, -0.25) is 19.7 Å². The molecule has 5 nitrogen and oxygen atoms in total. The molecular weight excluding hydrogens is 182 g/mol. The minimum atomic E-state index is -0.620. The summed E-state index contributed by atoms with van der Waals surface area (Å²) in [5.41, 5.74) is 0. The van der Waals surface area contributed by atoms with Crippen LogP contribution < -0.4 is 5.32 Å². The summed E-state index contributed by atoms with van der Waals surface area (Å²) in [7, 11) is 1.24. The smallest absolute Gasteiger partial charge is 0.307 e. The van der Waals surface area contributed by atoms with Crippen LogP contribution >= 0.6 is 11.8 Å². The molecule has 0 spiro atoms. The van der Waals surface area contributed by atoms with Gasteiger partial charge in [0.15, 0.2) is 0 Å². The number of hydrogen-bond donors (Lipinski definition) is 1. The molecular formula is C6H7NO4S. The molecule has 0 unspecified atom stereocenters. The fourth-order valence-electron chi connectivity index (χ4n) is 0.762. The van der Waals surface area contributed by atoms with Gasteiger partial charge in [-0.25, -0.2) is 0 Å². The zero-order valence-electron chi connectivity index (χ0n) is 6.33. The van der Waals surface area contributed by atoms with E-state index in [2.05, 4.69) is 10.1 Å². The molecule has 0 aliphatic carbocycles. The zero-order chi connectivity index (χ0) is 9.14. The number of carbonyl (C=O) groups is 3. The van der Waals surface area contributed by atoms with Crippen molar-refractivity contribution in [2.75, 3.05) is 7.11 Å². The summed E-state index contributed by atoms with van der Waals surface area (Å²) in [4.78, 5) is 32.2. The van der Waals surface area contributed by atoms with Gasteiger partial charge in [0.25, 0.3) is 5.24 Å². The van der Waals surface area contributed by atoms with Crippen molar-refractivity contribution >= 4 is 28.9 Å². The van der Waals surface area contributed by atoms with Crippen molar-refractivity contribution in [1.82, 2.24) is 5.32 Å².